The fourth-order valence-electron chi connectivity index (χ4n) is 2.53. The van der Waals surface area contributed by atoms with Gasteiger partial charge in [-0.05, 0) is 32.4 Å². The van der Waals surface area contributed by atoms with E-state index in [0.29, 0.717) is 6.04 Å². The van der Waals surface area contributed by atoms with E-state index in [2.05, 4.69) is 34.4 Å². The Morgan fingerprint density at radius 2 is 2.11 bits per heavy atom. The summed E-state index contributed by atoms with van der Waals surface area (Å²) in [5, 5.41) is 6.82. The summed E-state index contributed by atoms with van der Waals surface area (Å²) in [6.07, 6.45) is 6.45. The lowest BCUT2D eigenvalue weighted by Gasteiger charge is -2.35. The number of piperidine rings is 1. The van der Waals surface area contributed by atoms with Gasteiger partial charge >= 0.3 is 0 Å². The molecule has 1 rings (SSSR count). The molecular weight excluding hydrogens is 224 g/mol. The van der Waals surface area contributed by atoms with Gasteiger partial charge < -0.3 is 10.6 Å². The first-order chi connectivity index (χ1) is 8.81. The molecule has 2 N–H and O–H groups in total. The molecule has 4 heteroatoms. The van der Waals surface area contributed by atoms with E-state index < -0.39 is 0 Å². The Balaban J connectivity index is 2.28. The van der Waals surface area contributed by atoms with Crippen molar-refractivity contribution in [1.82, 2.24) is 15.5 Å². The van der Waals surface area contributed by atoms with Crippen molar-refractivity contribution in [3.05, 3.63) is 0 Å². The number of likely N-dealkylation sites (tertiary alicyclic amines) is 1. The highest BCUT2D eigenvalue weighted by molar-refractivity contribution is 5.79. The number of guanidine groups is 1. The van der Waals surface area contributed by atoms with Crippen molar-refractivity contribution in [1.29, 1.82) is 0 Å². The molecule has 106 valence electrons. The molecule has 0 aromatic carbocycles. The van der Waals surface area contributed by atoms with E-state index in [1.807, 2.05) is 7.05 Å². The molecule has 1 atom stereocenters. The van der Waals surface area contributed by atoms with Gasteiger partial charge in [-0.1, -0.05) is 26.7 Å². The van der Waals surface area contributed by atoms with Crippen LogP contribution in [0.3, 0.4) is 0 Å². The van der Waals surface area contributed by atoms with Crippen molar-refractivity contribution < 1.29 is 0 Å². The lowest BCUT2D eigenvalue weighted by molar-refractivity contribution is 0.157. The number of nitrogens with zero attached hydrogens (tertiary/aromatic N) is 2. The minimum Gasteiger partial charge on any atom is -0.356 e. The van der Waals surface area contributed by atoms with E-state index in [1.54, 1.807) is 0 Å². The molecule has 4 nitrogen and oxygen atoms in total. The quantitative estimate of drug-likeness (QED) is 0.431. The minimum absolute atomic E-state index is 0.675. The Morgan fingerprint density at radius 1 is 1.28 bits per heavy atom. The van der Waals surface area contributed by atoms with Crippen LogP contribution in [0.15, 0.2) is 4.99 Å². The van der Waals surface area contributed by atoms with Gasteiger partial charge in [0, 0.05) is 26.2 Å². The normalized spacial score (nSPS) is 21.9. The van der Waals surface area contributed by atoms with Crippen LogP contribution in [0.5, 0.6) is 0 Å². The van der Waals surface area contributed by atoms with Gasteiger partial charge in [0.2, 0.25) is 0 Å². The average Bonchev–Trinajstić information content (AvgIpc) is 2.43. The topological polar surface area (TPSA) is 39.7 Å². The lowest BCUT2D eigenvalue weighted by atomic mass is 10.0. The number of hydrogen-bond acceptors (Lipinski definition) is 2. The van der Waals surface area contributed by atoms with Crippen LogP contribution >= 0.6 is 0 Å². The smallest absolute Gasteiger partial charge is 0.191 e. The van der Waals surface area contributed by atoms with E-state index in [1.165, 1.54) is 38.6 Å². The van der Waals surface area contributed by atoms with E-state index in [9.17, 15) is 0 Å². The first-order valence-corrected chi connectivity index (χ1v) is 7.50. The number of hydrogen-bond donors (Lipinski definition) is 2. The van der Waals surface area contributed by atoms with Crippen molar-refractivity contribution >= 4 is 5.96 Å². The van der Waals surface area contributed by atoms with Crippen molar-refractivity contribution in [2.75, 3.05) is 33.2 Å². The van der Waals surface area contributed by atoms with Crippen molar-refractivity contribution in [2.24, 2.45) is 4.99 Å². The molecule has 0 spiro atoms. The third-order valence-electron chi connectivity index (χ3n) is 3.71. The molecule has 1 fully saturated rings. The Bertz CT molecular complexity index is 240. The van der Waals surface area contributed by atoms with Crippen LogP contribution in [0.2, 0.25) is 0 Å². The largest absolute Gasteiger partial charge is 0.356 e. The molecule has 1 unspecified atom stereocenters. The Kier molecular flexibility index (Phi) is 7.81. The number of unbranched alkanes of at least 4 members (excludes halogenated alkanes) is 1. The van der Waals surface area contributed by atoms with Crippen LogP contribution < -0.4 is 10.6 Å². The highest BCUT2D eigenvalue weighted by Crippen LogP contribution is 2.15. The lowest BCUT2D eigenvalue weighted by Crippen LogP contribution is -2.49. The van der Waals surface area contributed by atoms with Crippen molar-refractivity contribution in [3.8, 4) is 0 Å². The second kappa shape index (κ2) is 9.20. The third-order valence-corrected chi connectivity index (χ3v) is 3.71. The summed E-state index contributed by atoms with van der Waals surface area (Å²) in [6.45, 7) is 8.91. The predicted molar refractivity (Wildman–Crippen MR) is 79.2 cm³/mol. The molecule has 0 bridgehead atoms. The highest BCUT2D eigenvalue weighted by Gasteiger charge is 2.20. The molecule has 1 aliphatic rings. The van der Waals surface area contributed by atoms with Crippen molar-refractivity contribution in [2.45, 2.75) is 52.0 Å². The molecule has 18 heavy (non-hydrogen) atoms. The standard InChI is InChI=1S/C14H30N4/c1-4-6-10-16-14(15-3)17-12-13-9-7-8-11-18(13)5-2/h13H,4-12H2,1-3H3,(H2,15,16,17). The van der Waals surface area contributed by atoms with Gasteiger partial charge in [0.05, 0.1) is 0 Å². The molecule has 0 aromatic rings. The number of rotatable bonds is 6. The molecule has 0 radical (unpaired) electrons. The van der Waals surface area contributed by atoms with Gasteiger partial charge in [0.1, 0.15) is 0 Å². The Labute approximate surface area is 112 Å². The van der Waals surface area contributed by atoms with Crippen LogP contribution in [0.25, 0.3) is 0 Å². The SMILES string of the molecule is CCCCNC(=NC)NCC1CCCCN1CC. The van der Waals surface area contributed by atoms with Crippen LogP contribution in [-0.4, -0.2) is 50.1 Å². The Hall–Kier alpha value is -0.770. The second-order valence-corrected chi connectivity index (χ2v) is 5.01. The summed E-state index contributed by atoms with van der Waals surface area (Å²) in [5.74, 6) is 0.949. The summed E-state index contributed by atoms with van der Waals surface area (Å²) >= 11 is 0. The van der Waals surface area contributed by atoms with E-state index >= 15 is 0 Å². The summed E-state index contributed by atoms with van der Waals surface area (Å²) in [7, 11) is 1.85. The van der Waals surface area contributed by atoms with Gasteiger partial charge in [0.15, 0.2) is 5.96 Å². The zero-order chi connectivity index (χ0) is 13.2. The van der Waals surface area contributed by atoms with E-state index in [4.69, 9.17) is 0 Å². The zero-order valence-electron chi connectivity index (χ0n) is 12.3. The molecule has 1 saturated heterocycles. The molecular formula is C14H30N4. The average molecular weight is 254 g/mol. The van der Waals surface area contributed by atoms with E-state index in [-0.39, 0.29) is 0 Å². The number of nitrogens with one attached hydrogen (secondary N) is 2. The van der Waals surface area contributed by atoms with Crippen molar-refractivity contribution in [3.63, 3.8) is 0 Å². The van der Waals surface area contributed by atoms with Gasteiger partial charge in [-0.3, -0.25) is 9.89 Å². The van der Waals surface area contributed by atoms with E-state index in [0.717, 1.165) is 25.6 Å². The summed E-state index contributed by atoms with van der Waals surface area (Å²) in [4.78, 5) is 6.85. The molecule has 0 amide bonds. The summed E-state index contributed by atoms with van der Waals surface area (Å²) in [6, 6.07) is 0.675. The fourth-order valence-corrected chi connectivity index (χ4v) is 2.53. The van der Waals surface area contributed by atoms with Gasteiger partial charge in [-0.2, -0.15) is 0 Å². The fraction of sp³-hybridized carbons (Fsp3) is 0.929. The minimum atomic E-state index is 0.675. The molecule has 1 aliphatic heterocycles. The first-order valence-electron chi connectivity index (χ1n) is 7.50. The monoisotopic (exact) mass is 254 g/mol. The third kappa shape index (κ3) is 5.25. The molecule has 0 aromatic heterocycles. The van der Waals surface area contributed by atoms with Gasteiger partial charge in [-0.15, -0.1) is 0 Å². The zero-order valence-corrected chi connectivity index (χ0v) is 12.3. The Morgan fingerprint density at radius 3 is 2.78 bits per heavy atom. The van der Waals surface area contributed by atoms with Crippen LogP contribution in [0.1, 0.15) is 46.0 Å². The maximum absolute atomic E-state index is 4.27. The van der Waals surface area contributed by atoms with Crippen LogP contribution in [0, 0.1) is 0 Å². The number of aliphatic imine (C=N–C) groups is 1. The maximum atomic E-state index is 4.27. The van der Waals surface area contributed by atoms with Crippen LogP contribution in [0.4, 0.5) is 0 Å². The second-order valence-electron chi connectivity index (χ2n) is 5.01. The van der Waals surface area contributed by atoms with Crippen LogP contribution in [-0.2, 0) is 0 Å². The van der Waals surface area contributed by atoms with Gasteiger partial charge in [-0.25, -0.2) is 0 Å². The predicted octanol–water partition coefficient (Wildman–Crippen LogP) is 1.83. The summed E-state index contributed by atoms with van der Waals surface area (Å²) in [5.41, 5.74) is 0. The van der Waals surface area contributed by atoms with Gasteiger partial charge in [0.25, 0.3) is 0 Å². The molecule has 1 heterocycles. The maximum Gasteiger partial charge on any atom is 0.191 e. The first kappa shape index (κ1) is 15.3. The highest BCUT2D eigenvalue weighted by atomic mass is 15.2. The molecule has 0 saturated carbocycles. The number of likely N-dealkylation sites (N-methyl/N-ethyl adjacent to an activating group) is 1. The molecule has 0 aliphatic carbocycles. The summed E-state index contributed by atoms with van der Waals surface area (Å²) < 4.78 is 0.